The number of aromatic nitrogens is 4. The van der Waals surface area contributed by atoms with Gasteiger partial charge in [-0.1, -0.05) is 53.7 Å². The molecule has 0 atom stereocenters. The molecule has 0 unspecified atom stereocenters. The molecular formula is C23H17ClN4O3S2. The van der Waals surface area contributed by atoms with E-state index in [-0.39, 0.29) is 17.9 Å². The lowest BCUT2D eigenvalue weighted by molar-refractivity contribution is -0.141. The van der Waals surface area contributed by atoms with E-state index in [1.807, 2.05) is 48.5 Å². The average Bonchev–Trinajstić information content (AvgIpc) is 3.42. The molecule has 0 bridgehead atoms. The van der Waals surface area contributed by atoms with E-state index in [4.69, 9.17) is 16.3 Å². The molecule has 0 saturated heterocycles. The normalized spacial score (nSPS) is 11.3. The fraction of sp³-hybridized carbons (Fsp3) is 0.130. The first kappa shape index (κ1) is 21.7. The van der Waals surface area contributed by atoms with Crippen LogP contribution >= 0.6 is 34.7 Å². The number of thioether (sulfide) groups is 1. The number of fused-ring (bicyclic) bond motifs is 2. The number of rotatable bonds is 7. The van der Waals surface area contributed by atoms with Gasteiger partial charge in [-0.2, -0.15) is 0 Å². The summed E-state index contributed by atoms with van der Waals surface area (Å²) in [7, 11) is 0. The van der Waals surface area contributed by atoms with Crippen molar-refractivity contribution in [2.45, 2.75) is 18.3 Å². The number of carbonyl (C=O) groups is 1. The van der Waals surface area contributed by atoms with Crippen LogP contribution in [0.5, 0.6) is 0 Å². The minimum Gasteiger partial charge on any atom is -0.459 e. The van der Waals surface area contributed by atoms with Gasteiger partial charge in [-0.3, -0.25) is 14.0 Å². The highest BCUT2D eigenvalue weighted by molar-refractivity contribution is 7.99. The van der Waals surface area contributed by atoms with Crippen LogP contribution in [-0.4, -0.2) is 30.7 Å². The van der Waals surface area contributed by atoms with Gasteiger partial charge in [0.05, 0.1) is 29.0 Å². The van der Waals surface area contributed by atoms with Crippen LogP contribution in [0, 0.1) is 0 Å². The molecule has 7 nitrogen and oxygen atoms in total. The first-order chi connectivity index (χ1) is 16.1. The summed E-state index contributed by atoms with van der Waals surface area (Å²) in [6.45, 7) is 0.560. The van der Waals surface area contributed by atoms with Gasteiger partial charge < -0.3 is 9.30 Å². The Bertz CT molecular complexity index is 1510. The van der Waals surface area contributed by atoms with Crippen molar-refractivity contribution >= 4 is 56.7 Å². The van der Waals surface area contributed by atoms with Crippen LogP contribution in [0.3, 0.4) is 0 Å². The SMILES string of the molecule is O=C(CSc1nc2cc(Cl)ccc2n1Cc1ccccc1)OCc1cc(=O)n2ccsc2n1. The number of imidazole rings is 1. The minimum absolute atomic E-state index is 0.0565. The lowest BCUT2D eigenvalue weighted by Crippen LogP contribution is -2.15. The topological polar surface area (TPSA) is 78.5 Å². The number of carbonyl (C=O) groups excluding carboxylic acids is 1. The van der Waals surface area contributed by atoms with Crippen LogP contribution in [0.4, 0.5) is 0 Å². The van der Waals surface area contributed by atoms with E-state index in [1.165, 1.54) is 33.6 Å². The Kier molecular flexibility index (Phi) is 6.17. The molecule has 3 aromatic heterocycles. The van der Waals surface area contributed by atoms with Crippen molar-refractivity contribution in [1.29, 1.82) is 0 Å². The van der Waals surface area contributed by atoms with E-state index in [1.54, 1.807) is 11.6 Å². The highest BCUT2D eigenvalue weighted by atomic mass is 35.5. The van der Waals surface area contributed by atoms with Gasteiger partial charge in [0.25, 0.3) is 5.56 Å². The zero-order valence-electron chi connectivity index (χ0n) is 17.2. The monoisotopic (exact) mass is 496 g/mol. The quantitative estimate of drug-likeness (QED) is 0.241. The van der Waals surface area contributed by atoms with Gasteiger partial charge in [0, 0.05) is 22.7 Å². The Labute approximate surface area is 201 Å². The van der Waals surface area contributed by atoms with Crippen molar-refractivity contribution in [3.8, 4) is 0 Å². The number of esters is 1. The fourth-order valence-corrected chi connectivity index (χ4v) is 5.11. The lowest BCUT2D eigenvalue weighted by atomic mass is 10.2. The predicted molar refractivity (Wildman–Crippen MR) is 130 cm³/mol. The van der Waals surface area contributed by atoms with Crippen LogP contribution in [-0.2, 0) is 22.7 Å². The summed E-state index contributed by atoms with van der Waals surface area (Å²) in [5.74, 6) is -0.337. The maximum Gasteiger partial charge on any atom is 0.316 e. The van der Waals surface area contributed by atoms with Gasteiger partial charge in [0.2, 0.25) is 0 Å². The molecule has 5 aromatic rings. The third kappa shape index (κ3) is 4.80. The number of ether oxygens (including phenoxy) is 1. The number of hydrogen-bond acceptors (Lipinski definition) is 7. The molecule has 166 valence electrons. The highest BCUT2D eigenvalue weighted by Gasteiger charge is 2.15. The van der Waals surface area contributed by atoms with Gasteiger partial charge in [-0.25, -0.2) is 9.97 Å². The van der Waals surface area contributed by atoms with Crippen LogP contribution in [0.1, 0.15) is 11.3 Å². The number of thiazole rings is 1. The van der Waals surface area contributed by atoms with E-state index < -0.39 is 5.97 Å². The summed E-state index contributed by atoms with van der Waals surface area (Å²) in [4.78, 5) is 34.1. The molecule has 0 radical (unpaired) electrons. The average molecular weight is 497 g/mol. The minimum atomic E-state index is -0.412. The number of hydrogen-bond donors (Lipinski definition) is 0. The maximum atomic E-state index is 12.4. The zero-order valence-corrected chi connectivity index (χ0v) is 19.6. The van der Waals surface area contributed by atoms with E-state index in [0.717, 1.165) is 16.6 Å². The Hall–Kier alpha value is -3.14. The molecule has 5 rings (SSSR count). The van der Waals surface area contributed by atoms with Gasteiger partial charge in [0.15, 0.2) is 10.1 Å². The van der Waals surface area contributed by atoms with Crippen molar-refractivity contribution in [3.63, 3.8) is 0 Å². The van der Waals surface area contributed by atoms with Crippen molar-refractivity contribution in [2.24, 2.45) is 0 Å². The molecule has 0 spiro atoms. The summed E-state index contributed by atoms with van der Waals surface area (Å²) in [5, 5.41) is 3.09. The van der Waals surface area contributed by atoms with Crippen LogP contribution in [0.2, 0.25) is 5.02 Å². The molecule has 0 amide bonds. The van der Waals surface area contributed by atoms with Crippen molar-refractivity contribution in [1.82, 2.24) is 18.9 Å². The highest BCUT2D eigenvalue weighted by Crippen LogP contribution is 2.27. The van der Waals surface area contributed by atoms with E-state index in [9.17, 15) is 9.59 Å². The molecular weight excluding hydrogens is 480 g/mol. The van der Waals surface area contributed by atoms with Gasteiger partial charge >= 0.3 is 5.97 Å². The molecule has 0 aliphatic carbocycles. The van der Waals surface area contributed by atoms with E-state index in [0.29, 0.717) is 27.4 Å². The summed E-state index contributed by atoms with van der Waals surface area (Å²) in [5.41, 5.74) is 3.05. The van der Waals surface area contributed by atoms with Crippen molar-refractivity contribution < 1.29 is 9.53 Å². The van der Waals surface area contributed by atoms with E-state index >= 15 is 0 Å². The Morgan fingerprint density at radius 3 is 2.82 bits per heavy atom. The van der Waals surface area contributed by atoms with Gasteiger partial charge in [-0.15, -0.1) is 11.3 Å². The second kappa shape index (κ2) is 9.38. The second-order valence-electron chi connectivity index (χ2n) is 7.19. The lowest BCUT2D eigenvalue weighted by Gasteiger charge is -2.09. The molecule has 0 saturated carbocycles. The standard InChI is InChI=1S/C23H17ClN4O3S2/c24-16-6-7-19-18(10-16)26-23(28(19)12-15-4-2-1-3-5-15)33-14-21(30)31-13-17-11-20(29)27-8-9-32-22(27)25-17/h1-11H,12-14H2. The Balaban J connectivity index is 1.30. The van der Waals surface area contributed by atoms with Crippen LogP contribution < -0.4 is 5.56 Å². The molecule has 2 aromatic carbocycles. The number of halogens is 1. The second-order valence-corrected chi connectivity index (χ2v) is 9.44. The van der Waals surface area contributed by atoms with Crippen molar-refractivity contribution in [2.75, 3.05) is 5.75 Å². The van der Waals surface area contributed by atoms with Crippen LogP contribution in [0.15, 0.2) is 76.1 Å². The van der Waals surface area contributed by atoms with Crippen molar-refractivity contribution in [3.05, 3.63) is 92.8 Å². The zero-order chi connectivity index (χ0) is 22.8. The fourth-order valence-electron chi connectivity index (χ4n) is 3.39. The molecule has 0 aliphatic heterocycles. The smallest absolute Gasteiger partial charge is 0.316 e. The Morgan fingerprint density at radius 1 is 1.12 bits per heavy atom. The third-order valence-electron chi connectivity index (χ3n) is 4.92. The van der Waals surface area contributed by atoms with Gasteiger partial charge in [-0.05, 0) is 23.8 Å². The summed E-state index contributed by atoms with van der Waals surface area (Å²) in [6, 6.07) is 17.0. The summed E-state index contributed by atoms with van der Waals surface area (Å²) in [6.07, 6.45) is 1.66. The maximum absolute atomic E-state index is 12.4. The summed E-state index contributed by atoms with van der Waals surface area (Å²) < 4.78 is 8.87. The first-order valence-corrected chi connectivity index (χ1v) is 12.2. The van der Waals surface area contributed by atoms with E-state index in [2.05, 4.69) is 14.5 Å². The molecule has 10 heteroatoms. The number of nitrogens with zero attached hydrogens (tertiary/aromatic N) is 4. The summed E-state index contributed by atoms with van der Waals surface area (Å²) >= 11 is 8.80. The predicted octanol–water partition coefficient (Wildman–Crippen LogP) is 4.64. The molecule has 0 aliphatic rings. The first-order valence-electron chi connectivity index (χ1n) is 10.0. The van der Waals surface area contributed by atoms with Gasteiger partial charge in [0.1, 0.15) is 6.61 Å². The third-order valence-corrected chi connectivity index (χ3v) is 6.86. The van der Waals surface area contributed by atoms with Crippen LogP contribution in [0.25, 0.3) is 16.0 Å². The number of benzene rings is 2. The molecule has 3 heterocycles. The molecule has 0 N–H and O–H groups in total. The largest absolute Gasteiger partial charge is 0.459 e. The molecule has 33 heavy (non-hydrogen) atoms. The Morgan fingerprint density at radius 2 is 1.97 bits per heavy atom. The molecule has 0 fully saturated rings.